The zero-order chi connectivity index (χ0) is 9.97. The number of aryl methyl sites for hydroxylation is 1. The summed E-state index contributed by atoms with van der Waals surface area (Å²) in [7, 11) is 0. The van der Waals surface area contributed by atoms with E-state index >= 15 is 0 Å². The van der Waals surface area contributed by atoms with Crippen molar-refractivity contribution < 1.29 is 5.11 Å². The Bertz CT molecular complexity index is 410. The van der Waals surface area contributed by atoms with Gasteiger partial charge in [-0.25, -0.2) is 0 Å². The fourth-order valence-corrected chi connectivity index (χ4v) is 2.07. The van der Waals surface area contributed by atoms with Gasteiger partial charge < -0.3 is 5.11 Å². The molecule has 72 valence electrons. The third-order valence-electron chi connectivity index (χ3n) is 2.03. The maximum absolute atomic E-state index is 9.98. The lowest BCUT2D eigenvalue weighted by Crippen LogP contribution is -1.95. The Kier molecular flexibility index (Phi) is 2.61. The van der Waals surface area contributed by atoms with E-state index in [4.69, 9.17) is 0 Å². The molecule has 0 aliphatic rings. The van der Waals surface area contributed by atoms with E-state index < -0.39 is 6.10 Å². The molecule has 1 N–H and O–H groups in total. The van der Waals surface area contributed by atoms with Crippen LogP contribution in [-0.4, -0.2) is 9.48 Å². The number of aliphatic hydroxyl groups excluding tert-OH is 1. The van der Waals surface area contributed by atoms with Crippen LogP contribution in [-0.2, 0) is 0 Å². The highest BCUT2D eigenvalue weighted by atomic mass is 32.1. The first kappa shape index (κ1) is 9.37. The molecule has 1 aromatic carbocycles. The second kappa shape index (κ2) is 3.90. The SMILES string of the molecule is Cc1cc(C(O)c2ccccc2)sn1. The van der Waals surface area contributed by atoms with Crippen molar-refractivity contribution in [1.29, 1.82) is 0 Å². The van der Waals surface area contributed by atoms with Crippen LogP contribution >= 0.6 is 11.5 Å². The molecule has 0 aliphatic carbocycles. The topological polar surface area (TPSA) is 33.1 Å². The van der Waals surface area contributed by atoms with Crippen molar-refractivity contribution in [3.63, 3.8) is 0 Å². The van der Waals surface area contributed by atoms with Gasteiger partial charge in [-0.05, 0) is 30.1 Å². The predicted octanol–water partition coefficient (Wildman–Crippen LogP) is 2.53. The quantitative estimate of drug-likeness (QED) is 0.817. The molecule has 0 spiro atoms. The number of hydrogen-bond donors (Lipinski definition) is 1. The third kappa shape index (κ3) is 1.84. The van der Waals surface area contributed by atoms with Crippen molar-refractivity contribution in [2.75, 3.05) is 0 Å². The molecular weight excluding hydrogens is 194 g/mol. The van der Waals surface area contributed by atoms with E-state index in [2.05, 4.69) is 4.37 Å². The van der Waals surface area contributed by atoms with Crippen LogP contribution in [0.25, 0.3) is 0 Å². The lowest BCUT2D eigenvalue weighted by Gasteiger charge is -2.06. The van der Waals surface area contributed by atoms with Gasteiger partial charge in [-0.15, -0.1) is 0 Å². The lowest BCUT2D eigenvalue weighted by atomic mass is 10.1. The van der Waals surface area contributed by atoms with Crippen molar-refractivity contribution in [1.82, 2.24) is 4.37 Å². The molecule has 0 radical (unpaired) electrons. The summed E-state index contributed by atoms with van der Waals surface area (Å²) in [5.41, 5.74) is 1.87. The van der Waals surface area contributed by atoms with Crippen molar-refractivity contribution in [2.24, 2.45) is 0 Å². The van der Waals surface area contributed by atoms with Crippen LogP contribution in [0.4, 0.5) is 0 Å². The molecule has 2 rings (SSSR count). The number of hydrogen-bond acceptors (Lipinski definition) is 3. The minimum atomic E-state index is -0.539. The molecule has 1 aromatic heterocycles. The smallest absolute Gasteiger partial charge is 0.115 e. The number of benzene rings is 1. The Morgan fingerprint density at radius 3 is 2.57 bits per heavy atom. The van der Waals surface area contributed by atoms with Crippen LogP contribution in [0, 0.1) is 6.92 Å². The number of rotatable bonds is 2. The second-order valence-electron chi connectivity index (χ2n) is 3.18. The standard InChI is InChI=1S/C11H11NOS/c1-8-7-10(14-12-8)11(13)9-5-3-2-4-6-9/h2-7,11,13H,1H3. The molecule has 0 fully saturated rings. The zero-order valence-corrected chi connectivity index (χ0v) is 8.66. The van der Waals surface area contributed by atoms with Gasteiger partial charge in [-0.3, -0.25) is 0 Å². The average Bonchev–Trinajstić information content (AvgIpc) is 2.65. The molecule has 0 aliphatic heterocycles. The summed E-state index contributed by atoms with van der Waals surface area (Å²) in [6.45, 7) is 1.93. The molecule has 2 aromatic rings. The summed E-state index contributed by atoms with van der Waals surface area (Å²) >= 11 is 1.35. The minimum Gasteiger partial charge on any atom is -0.383 e. The molecule has 0 bridgehead atoms. The summed E-state index contributed by atoms with van der Waals surface area (Å²) in [6, 6.07) is 11.5. The molecule has 0 saturated carbocycles. The fraction of sp³-hybridized carbons (Fsp3) is 0.182. The summed E-state index contributed by atoms with van der Waals surface area (Å²) in [6.07, 6.45) is -0.539. The van der Waals surface area contributed by atoms with Crippen LogP contribution in [0.1, 0.15) is 22.2 Å². The Morgan fingerprint density at radius 2 is 2.00 bits per heavy atom. The van der Waals surface area contributed by atoms with E-state index in [1.165, 1.54) is 11.5 Å². The third-order valence-corrected chi connectivity index (χ3v) is 2.96. The summed E-state index contributed by atoms with van der Waals surface area (Å²) in [5.74, 6) is 0. The molecule has 1 atom stereocenters. The highest BCUT2D eigenvalue weighted by Crippen LogP contribution is 2.25. The van der Waals surface area contributed by atoms with Crippen LogP contribution < -0.4 is 0 Å². The monoisotopic (exact) mass is 205 g/mol. The predicted molar refractivity (Wildman–Crippen MR) is 57.4 cm³/mol. The van der Waals surface area contributed by atoms with Crippen molar-refractivity contribution >= 4 is 11.5 Å². The van der Waals surface area contributed by atoms with E-state index in [0.717, 1.165) is 16.1 Å². The maximum atomic E-state index is 9.98. The van der Waals surface area contributed by atoms with Gasteiger partial charge in [-0.2, -0.15) is 4.37 Å². The Labute approximate surface area is 87.0 Å². The number of aliphatic hydroxyl groups is 1. The van der Waals surface area contributed by atoms with Gasteiger partial charge in [0, 0.05) is 0 Å². The second-order valence-corrected chi connectivity index (χ2v) is 4.02. The minimum absolute atomic E-state index is 0.539. The Balaban J connectivity index is 2.29. The van der Waals surface area contributed by atoms with Crippen LogP contribution in [0.3, 0.4) is 0 Å². The van der Waals surface area contributed by atoms with Crippen LogP contribution in [0.15, 0.2) is 36.4 Å². The highest BCUT2D eigenvalue weighted by molar-refractivity contribution is 7.05. The van der Waals surface area contributed by atoms with E-state index in [1.807, 2.05) is 43.3 Å². The molecule has 3 heteroatoms. The molecule has 0 amide bonds. The van der Waals surface area contributed by atoms with E-state index in [0.29, 0.717) is 0 Å². The van der Waals surface area contributed by atoms with E-state index in [9.17, 15) is 5.11 Å². The molecule has 0 saturated heterocycles. The van der Waals surface area contributed by atoms with Crippen molar-refractivity contribution in [3.05, 3.63) is 52.5 Å². The van der Waals surface area contributed by atoms with Crippen LogP contribution in [0.2, 0.25) is 0 Å². The molecule has 14 heavy (non-hydrogen) atoms. The van der Waals surface area contributed by atoms with Gasteiger partial charge in [0.15, 0.2) is 0 Å². The number of nitrogens with zero attached hydrogens (tertiary/aromatic N) is 1. The van der Waals surface area contributed by atoms with Gasteiger partial charge in [0.25, 0.3) is 0 Å². The van der Waals surface area contributed by atoms with Gasteiger partial charge in [0.1, 0.15) is 6.10 Å². The van der Waals surface area contributed by atoms with E-state index in [-0.39, 0.29) is 0 Å². The van der Waals surface area contributed by atoms with Gasteiger partial charge in [-0.1, -0.05) is 30.3 Å². The van der Waals surface area contributed by atoms with Crippen molar-refractivity contribution in [2.45, 2.75) is 13.0 Å². The summed E-state index contributed by atoms with van der Waals surface area (Å²) in [4.78, 5) is 0.897. The summed E-state index contributed by atoms with van der Waals surface area (Å²) < 4.78 is 4.14. The van der Waals surface area contributed by atoms with Gasteiger partial charge >= 0.3 is 0 Å². The highest BCUT2D eigenvalue weighted by Gasteiger charge is 2.12. The zero-order valence-electron chi connectivity index (χ0n) is 7.84. The molecule has 1 heterocycles. The molecule has 2 nitrogen and oxygen atoms in total. The fourth-order valence-electron chi connectivity index (χ4n) is 1.31. The van der Waals surface area contributed by atoms with Gasteiger partial charge in [0.05, 0.1) is 10.6 Å². The van der Waals surface area contributed by atoms with E-state index in [1.54, 1.807) is 0 Å². The largest absolute Gasteiger partial charge is 0.383 e. The van der Waals surface area contributed by atoms with Crippen molar-refractivity contribution in [3.8, 4) is 0 Å². The maximum Gasteiger partial charge on any atom is 0.115 e. The first-order valence-corrected chi connectivity index (χ1v) is 5.21. The average molecular weight is 205 g/mol. The first-order chi connectivity index (χ1) is 6.77. The number of aromatic nitrogens is 1. The molecular formula is C11H11NOS. The normalized spacial score (nSPS) is 12.7. The Hall–Kier alpha value is -1.19. The lowest BCUT2D eigenvalue weighted by molar-refractivity contribution is 0.224. The molecule has 1 unspecified atom stereocenters. The first-order valence-electron chi connectivity index (χ1n) is 4.43. The van der Waals surface area contributed by atoms with Gasteiger partial charge in [0.2, 0.25) is 0 Å². The summed E-state index contributed by atoms with van der Waals surface area (Å²) in [5, 5.41) is 9.98. The van der Waals surface area contributed by atoms with Crippen LogP contribution in [0.5, 0.6) is 0 Å². The Morgan fingerprint density at radius 1 is 1.29 bits per heavy atom.